The normalized spacial score (nSPS) is 7.00. The molecule has 4 heteroatoms. The molecule has 35 heavy (non-hydrogen) atoms. The number of anilines is 1. The first-order valence-corrected chi connectivity index (χ1v) is 11.5. The van der Waals surface area contributed by atoms with Crippen molar-refractivity contribution in [2.45, 2.75) is 153 Å². The molecule has 0 unspecified atom stereocenters. The van der Waals surface area contributed by atoms with E-state index >= 15 is 0 Å². The van der Waals surface area contributed by atoms with Gasteiger partial charge in [0.2, 0.25) is 0 Å². The smallest absolute Gasteiger partial charge is 0.379 e. The quantitative estimate of drug-likeness (QED) is 0.353. The van der Waals surface area contributed by atoms with Gasteiger partial charge in [0.1, 0.15) is 5.65 Å². The van der Waals surface area contributed by atoms with Gasteiger partial charge < -0.3 is 23.1 Å². The standard InChI is InChI=1S/C11H15N3.C4H9.C3H7.4C2H6.5CH4.V/c1-11(2,3)14-9-6-8-4-5-12-10(8)13-7-9;1-4(2)3;1-3-2;4*1-2;;;;;;/h4-7,14H,1-3H3,(H,12,13);1-3H3;1,3H2,2H3;4*1-2H3;5*1H4;/q;2*-1;;;;;;;;;;+2. The minimum absolute atomic E-state index is 0. The summed E-state index contributed by atoms with van der Waals surface area (Å²) in [5.41, 5.74) is 2.07. The fraction of sp³-hybridized carbons (Fsp3) is 0.710. The molecule has 0 saturated carbocycles. The number of fused-ring (bicyclic) bond motifs is 1. The van der Waals surface area contributed by atoms with Crippen LogP contribution in [-0.4, -0.2) is 15.5 Å². The molecule has 0 atom stereocenters. The van der Waals surface area contributed by atoms with Crippen LogP contribution in [0.4, 0.5) is 5.69 Å². The van der Waals surface area contributed by atoms with Crippen molar-refractivity contribution in [2.75, 3.05) is 5.32 Å². The molecule has 1 radical (unpaired) electrons. The number of rotatable bonds is 1. The first-order valence-electron chi connectivity index (χ1n) is 11.5. The third kappa shape index (κ3) is 60.0. The third-order valence-corrected chi connectivity index (χ3v) is 1.92. The Morgan fingerprint density at radius 1 is 0.857 bits per heavy atom. The largest absolute Gasteiger partial charge is 2.00 e. The van der Waals surface area contributed by atoms with Gasteiger partial charge in [-0.2, -0.15) is 27.2 Å². The predicted molar refractivity (Wildman–Crippen MR) is 174 cm³/mol. The molecule has 0 saturated heterocycles. The summed E-state index contributed by atoms with van der Waals surface area (Å²) in [7, 11) is 0. The minimum atomic E-state index is 0. The molecule has 0 aliphatic rings. The maximum absolute atomic E-state index is 4.31. The van der Waals surface area contributed by atoms with Crippen molar-refractivity contribution in [1.29, 1.82) is 0 Å². The number of nitrogens with one attached hydrogen (secondary N) is 2. The van der Waals surface area contributed by atoms with Crippen molar-refractivity contribution >= 4 is 16.7 Å². The van der Waals surface area contributed by atoms with Crippen LogP contribution in [0.15, 0.2) is 24.5 Å². The monoisotopic (exact) mass is 541 g/mol. The van der Waals surface area contributed by atoms with E-state index in [-0.39, 0.29) is 61.2 Å². The van der Waals surface area contributed by atoms with E-state index in [1.807, 2.05) is 80.8 Å². The molecule has 0 aliphatic carbocycles. The summed E-state index contributed by atoms with van der Waals surface area (Å²) in [6.45, 7) is 34.1. The van der Waals surface area contributed by atoms with E-state index in [0.29, 0.717) is 0 Å². The van der Waals surface area contributed by atoms with E-state index in [4.69, 9.17) is 0 Å². The van der Waals surface area contributed by atoms with Crippen LogP contribution < -0.4 is 5.32 Å². The average Bonchev–Trinajstić information content (AvgIpc) is 3.15. The number of nitrogens with zero attached hydrogens (tertiary/aromatic N) is 1. The summed E-state index contributed by atoms with van der Waals surface area (Å²) in [5.74, 6) is 1.42. The summed E-state index contributed by atoms with van der Waals surface area (Å²) < 4.78 is 0. The van der Waals surface area contributed by atoms with Crippen molar-refractivity contribution in [3.63, 3.8) is 0 Å². The number of H-pyrrole nitrogens is 1. The Kier molecular flexibility index (Phi) is 108. The second-order valence-corrected chi connectivity index (χ2v) is 6.51. The second kappa shape index (κ2) is 54.1. The fourth-order valence-corrected chi connectivity index (χ4v) is 1.44. The first kappa shape index (κ1) is 70.0. The van der Waals surface area contributed by atoms with Crippen molar-refractivity contribution in [3.05, 3.63) is 37.4 Å². The predicted octanol–water partition coefficient (Wildman–Crippen LogP) is 12.9. The van der Waals surface area contributed by atoms with E-state index < -0.39 is 0 Å². The zero-order chi connectivity index (χ0) is 24.5. The maximum Gasteiger partial charge on any atom is 2.00 e. The van der Waals surface area contributed by atoms with E-state index in [9.17, 15) is 0 Å². The van der Waals surface area contributed by atoms with Gasteiger partial charge in [-0.1, -0.05) is 99.4 Å². The SMILES string of the molecule is C.C.C.C.C.CC.CC.CC.CC.CC(C)(C)Nc1cnc2[nH]ccc2c1.C[C-](C)C.[CH2-]CC.[V+2]. The molecule has 2 N–H and O–H groups in total. The van der Waals surface area contributed by atoms with Gasteiger partial charge in [-0.15, -0.1) is 0 Å². The molecule has 2 rings (SSSR count). The van der Waals surface area contributed by atoms with Crippen LogP contribution in [0.3, 0.4) is 0 Å². The molecule has 0 spiro atoms. The average molecular weight is 541 g/mol. The van der Waals surface area contributed by atoms with Crippen LogP contribution in [0.2, 0.25) is 0 Å². The molecule has 0 fully saturated rings. The molecular weight excluding hydrogens is 465 g/mol. The molecule has 2 aromatic heterocycles. The summed E-state index contributed by atoms with van der Waals surface area (Å²) in [4.78, 5) is 7.38. The topological polar surface area (TPSA) is 40.7 Å². The molecule has 219 valence electrons. The number of aromatic nitrogens is 2. The Balaban J connectivity index is -0.0000000265. The van der Waals surface area contributed by atoms with Crippen LogP contribution in [0.25, 0.3) is 11.0 Å². The van der Waals surface area contributed by atoms with Gasteiger partial charge in [-0.3, -0.25) is 0 Å². The molecule has 0 bridgehead atoms. The van der Waals surface area contributed by atoms with E-state index in [1.165, 1.54) is 5.92 Å². The molecule has 2 aromatic rings. The number of hydrogen-bond acceptors (Lipinski definition) is 2. The van der Waals surface area contributed by atoms with Gasteiger partial charge in [0.15, 0.2) is 0 Å². The second-order valence-electron chi connectivity index (χ2n) is 6.51. The van der Waals surface area contributed by atoms with Gasteiger partial charge in [-0.05, 0) is 32.9 Å². The summed E-state index contributed by atoms with van der Waals surface area (Å²) in [6, 6.07) is 4.13. The Labute approximate surface area is 240 Å². The van der Waals surface area contributed by atoms with Gasteiger partial charge in [-0.25, -0.2) is 4.98 Å². The fourth-order valence-electron chi connectivity index (χ4n) is 1.44. The van der Waals surface area contributed by atoms with E-state index in [0.717, 1.165) is 23.1 Å². The minimum Gasteiger partial charge on any atom is -0.379 e. The Bertz CT molecular complexity index is 498. The Morgan fingerprint density at radius 2 is 1.17 bits per heavy atom. The Morgan fingerprint density at radius 3 is 1.46 bits per heavy atom. The molecule has 3 nitrogen and oxygen atoms in total. The summed E-state index contributed by atoms with van der Waals surface area (Å²) >= 11 is 0. The van der Waals surface area contributed by atoms with Crippen LogP contribution in [0.1, 0.15) is 147 Å². The van der Waals surface area contributed by atoms with Gasteiger partial charge in [0.25, 0.3) is 0 Å². The van der Waals surface area contributed by atoms with E-state index in [2.05, 4.69) is 69.8 Å². The summed E-state index contributed by atoms with van der Waals surface area (Å²) in [6.07, 6.45) is 4.75. The maximum atomic E-state index is 4.31. The Hall–Kier alpha value is -0.926. The third-order valence-electron chi connectivity index (χ3n) is 1.92. The molecule has 0 aromatic carbocycles. The van der Waals surface area contributed by atoms with Gasteiger partial charge in [0, 0.05) is 17.1 Å². The number of aromatic amines is 1. The van der Waals surface area contributed by atoms with Gasteiger partial charge >= 0.3 is 18.6 Å². The number of pyridine rings is 1. The molecule has 0 aliphatic heterocycles. The van der Waals surface area contributed by atoms with Crippen LogP contribution in [0, 0.1) is 12.8 Å². The van der Waals surface area contributed by atoms with Crippen molar-refractivity contribution in [1.82, 2.24) is 9.97 Å². The van der Waals surface area contributed by atoms with Crippen molar-refractivity contribution < 1.29 is 18.6 Å². The molecule has 0 amide bonds. The van der Waals surface area contributed by atoms with Gasteiger partial charge in [0.05, 0.1) is 11.9 Å². The first-order chi connectivity index (χ1) is 13.7. The van der Waals surface area contributed by atoms with Crippen LogP contribution in [0.5, 0.6) is 0 Å². The van der Waals surface area contributed by atoms with Crippen molar-refractivity contribution in [2.24, 2.45) is 0 Å². The van der Waals surface area contributed by atoms with Crippen LogP contribution in [-0.2, 0) is 18.6 Å². The zero-order valence-electron chi connectivity index (χ0n) is 23.1. The molecular formula is C31H75N3V. The van der Waals surface area contributed by atoms with E-state index in [1.54, 1.807) is 0 Å². The zero-order valence-corrected chi connectivity index (χ0v) is 24.5. The number of hydrogen-bond donors (Lipinski definition) is 2. The summed E-state index contributed by atoms with van der Waals surface area (Å²) in [5, 5.41) is 4.52. The van der Waals surface area contributed by atoms with Crippen LogP contribution >= 0.6 is 0 Å². The van der Waals surface area contributed by atoms with Crippen molar-refractivity contribution in [3.8, 4) is 0 Å². The molecule has 2 heterocycles.